The van der Waals surface area contributed by atoms with Gasteiger partial charge in [0, 0.05) is 28.9 Å². The molecule has 0 saturated carbocycles. The predicted molar refractivity (Wildman–Crippen MR) is 108 cm³/mol. The lowest BCUT2D eigenvalue weighted by atomic mass is 10.0. The fourth-order valence-corrected chi connectivity index (χ4v) is 3.41. The molecule has 0 aliphatic rings. The molecule has 0 spiro atoms. The van der Waals surface area contributed by atoms with Gasteiger partial charge in [0.1, 0.15) is 0 Å². The van der Waals surface area contributed by atoms with Crippen molar-refractivity contribution < 1.29 is 18.4 Å². The Labute approximate surface area is 168 Å². The Morgan fingerprint density at radius 2 is 1.79 bits per heavy atom. The van der Waals surface area contributed by atoms with Gasteiger partial charge in [-0.1, -0.05) is 6.08 Å². The number of carbonyl (C=O) groups is 1. The van der Waals surface area contributed by atoms with Crippen molar-refractivity contribution in [3.8, 4) is 0 Å². The second-order valence-electron chi connectivity index (χ2n) is 5.88. The Balaban J connectivity index is 2.43. The number of hydrogen-bond donors (Lipinski definition) is 3. The van der Waals surface area contributed by atoms with Crippen molar-refractivity contribution >= 4 is 33.1 Å². The van der Waals surface area contributed by atoms with Crippen LogP contribution in [0, 0.1) is 0 Å². The molecule has 0 fully saturated rings. The van der Waals surface area contributed by atoms with E-state index >= 15 is 0 Å². The number of pyridine rings is 1. The van der Waals surface area contributed by atoms with Gasteiger partial charge in [-0.05, 0) is 56.3 Å². The highest BCUT2D eigenvalue weighted by Gasteiger charge is 2.19. The molecule has 1 aromatic carbocycles. The SMILES string of the molecule is C/C(C(=O)c1ccncc1)=C(\C=C/C(C)Cl)NS(=O)(=O)c1ccc(NO)cc1. The molecular weight excluding hydrogens is 402 g/mol. The summed E-state index contributed by atoms with van der Waals surface area (Å²) in [6, 6.07) is 8.56. The highest BCUT2D eigenvalue weighted by Crippen LogP contribution is 2.18. The Kier molecular flexibility index (Phi) is 7.33. The first-order valence-corrected chi connectivity index (χ1v) is 10.2. The highest BCUT2D eigenvalue weighted by atomic mass is 35.5. The van der Waals surface area contributed by atoms with Crippen LogP contribution in [-0.2, 0) is 10.0 Å². The molecule has 1 heterocycles. The molecule has 0 aliphatic heterocycles. The van der Waals surface area contributed by atoms with Crippen LogP contribution in [-0.4, -0.2) is 29.8 Å². The molecule has 0 radical (unpaired) electrons. The monoisotopic (exact) mass is 421 g/mol. The maximum atomic E-state index is 12.7. The molecule has 2 rings (SSSR count). The van der Waals surface area contributed by atoms with Gasteiger partial charge in [0.05, 0.1) is 16.3 Å². The van der Waals surface area contributed by atoms with Crippen molar-refractivity contribution in [1.29, 1.82) is 0 Å². The number of carbonyl (C=O) groups excluding carboxylic acids is 1. The molecular formula is C19H20ClN3O4S. The lowest BCUT2D eigenvalue weighted by Gasteiger charge is -2.13. The summed E-state index contributed by atoms with van der Waals surface area (Å²) in [6.07, 6.45) is 6.00. The number of ketones is 1. The minimum absolute atomic E-state index is 0.0273. The van der Waals surface area contributed by atoms with Crippen LogP contribution in [0.4, 0.5) is 5.69 Å². The number of aromatic nitrogens is 1. The third kappa shape index (κ3) is 5.66. The molecule has 0 amide bonds. The van der Waals surface area contributed by atoms with E-state index in [2.05, 4.69) is 9.71 Å². The fraction of sp³-hybridized carbons (Fsp3) is 0.158. The first-order valence-electron chi connectivity index (χ1n) is 8.25. The maximum Gasteiger partial charge on any atom is 0.261 e. The van der Waals surface area contributed by atoms with E-state index in [1.807, 2.05) is 5.48 Å². The minimum Gasteiger partial charge on any atom is -0.291 e. The van der Waals surface area contributed by atoms with Crippen LogP contribution in [0.5, 0.6) is 0 Å². The zero-order chi connectivity index (χ0) is 20.7. The highest BCUT2D eigenvalue weighted by molar-refractivity contribution is 7.89. The van der Waals surface area contributed by atoms with E-state index in [-0.39, 0.29) is 27.3 Å². The lowest BCUT2D eigenvalue weighted by molar-refractivity contribution is 0.103. The normalized spacial score (nSPS) is 13.7. The largest absolute Gasteiger partial charge is 0.291 e. The maximum absolute atomic E-state index is 12.7. The molecule has 3 N–H and O–H groups in total. The van der Waals surface area contributed by atoms with Crippen molar-refractivity contribution in [3.05, 3.63) is 77.8 Å². The quantitative estimate of drug-likeness (QED) is 0.198. The van der Waals surface area contributed by atoms with Crippen molar-refractivity contribution in [2.45, 2.75) is 24.1 Å². The van der Waals surface area contributed by atoms with Gasteiger partial charge in [-0.15, -0.1) is 11.6 Å². The van der Waals surface area contributed by atoms with E-state index in [1.54, 1.807) is 25.1 Å². The third-order valence-electron chi connectivity index (χ3n) is 3.75. The zero-order valence-corrected chi connectivity index (χ0v) is 16.8. The number of alkyl halides is 1. The summed E-state index contributed by atoms with van der Waals surface area (Å²) in [6.45, 7) is 3.24. The lowest BCUT2D eigenvalue weighted by Crippen LogP contribution is -2.25. The summed E-state index contributed by atoms with van der Waals surface area (Å²) < 4.78 is 27.9. The molecule has 7 nitrogen and oxygen atoms in total. The third-order valence-corrected chi connectivity index (χ3v) is 5.28. The minimum atomic E-state index is -3.97. The fourth-order valence-electron chi connectivity index (χ4n) is 2.22. The number of rotatable bonds is 8. The topological polar surface area (TPSA) is 108 Å². The number of sulfonamides is 1. The number of Topliss-reactive ketones (excluding diaryl/α,β-unsaturated/α-hetero) is 1. The molecule has 0 saturated heterocycles. The average molecular weight is 422 g/mol. The molecule has 0 aliphatic carbocycles. The average Bonchev–Trinajstić information content (AvgIpc) is 2.70. The zero-order valence-electron chi connectivity index (χ0n) is 15.3. The molecule has 148 valence electrons. The van der Waals surface area contributed by atoms with Crippen molar-refractivity contribution in [3.63, 3.8) is 0 Å². The van der Waals surface area contributed by atoms with Gasteiger partial charge < -0.3 is 0 Å². The number of anilines is 1. The van der Waals surface area contributed by atoms with Gasteiger partial charge in [0.2, 0.25) is 0 Å². The van der Waals surface area contributed by atoms with Crippen molar-refractivity contribution in [2.24, 2.45) is 0 Å². The van der Waals surface area contributed by atoms with Gasteiger partial charge in [-0.2, -0.15) is 0 Å². The van der Waals surface area contributed by atoms with Crippen molar-refractivity contribution in [1.82, 2.24) is 9.71 Å². The van der Waals surface area contributed by atoms with E-state index in [0.717, 1.165) is 0 Å². The van der Waals surface area contributed by atoms with E-state index in [4.69, 9.17) is 16.8 Å². The molecule has 1 atom stereocenters. The summed E-state index contributed by atoms with van der Waals surface area (Å²) in [5.74, 6) is -0.341. The van der Waals surface area contributed by atoms with Gasteiger partial charge in [0.15, 0.2) is 5.78 Å². The summed E-state index contributed by atoms with van der Waals surface area (Å²) in [4.78, 5) is 16.6. The summed E-state index contributed by atoms with van der Waals surface area (Å²) >= 11 is 5.93. The molecule has 9 heteroatoms. The van der Waals surface area contributed by atoms with Crippen LogP contribution >= 0.6 is 11.6 Å². The van der Waals surface area contributed by atoms with Crippen LogP contribution in [0.2, 0.25) is 0 Å². The Bertz CT molecular complexity index is 986. The Hall–Kier alpha value is -2.68. The Morgan fingerprint density at radius 1 is 1.18 bits per heavy atom. The van der Waals surface area contributed by atoms with Crippen LogP contribution in [0.15, 0.2) is 77.1 Å². The number of hydrogen-bond acceptors (Lipinski definition) is 6. The van der Waals surface area contributed by atoms with E-state index in [1.165, 1.54) is 49.7 Å². The predicted octanol–water partition coefficient (Wildman–Crippen LogP) is 3.50. The second kappa shape index (κ2) is 9.50. The first kappa shape index (κ1) is 21.6. The van der Waals surface area contributed by atoms with Gasteiger partial charge >= 0.3 is 0 Å². The summed E-state index contributed by atoms with van der Waals surface area (Å²) in [5, 5.41) is 8.49. The number of nitrogens with zero attached hydrogens (tertiary/aromatic N) is 1. The van der Waals surface area contributed by atoms with Crippen LogP contribution in [0.1, 0.15) is 24.2 Å². The first-order chi connectivity index (χ1) is 13.2. The summed E-state index contributed by atoms with van der Waals surface area (Å²) in [7, 11) is -3.97. The summed E-state index contributed by atoms with van der Waals surface area (Å²) in [5.41, 5.74) is 2.97. The number of allylic oxidation sites excluding steroid dienone is 3. The smallest absolute Gasteiger partial charge is 0.261 e. The molecule has 0 bridgehead atoms. The Morgan fingerprint density at radius 3 is 2.32 bits per heavy atom. The second-order valence-corrected chi connectivity index (χ2v) is 8.25. The van der Waals surface area contributed by atoms with E-state index in [0.29, 0.717) is 11.3 Å². The number of halogens is 1. The molecule has 2 aromatic rings. The van der Waals surface area contributed by atoms with E-state index < -0.39 is 10.0 Å². The van der Waals surface area contributed by atoms with Crippen LogP contribution in [0.25, 0.3) is 0 Å². The van der Waals surface area contributed by atoms with Crippen LogP contribution in [0.3, 0.4) is 0 Å². The molecule has 1 aromatic heterocycles. The van der Waals surface area contributed by atoms with E-state index in [9.17, 15) is 13.2 Å². The van der Waals surface area contributed by atoms with Gasteiger partial charge in [-0.3, -0.25) is 25.2 Å². The molecule has 28 heavy (non-hydrogen) atoms. The van der Waals surface area contributed by atoms with Crippen molar-refractivity contribution in [2.75, 3.05) is 5.48 Å². The van der Waals surface area contributed by atoms with Crippen LogP contribution < -0.4 is 10.2 Å². The number of benzene rings is 1. The van der Waals surface area contributed by atoms with Gasteiger partial charge in [0.25, 0.3) is 10.0 Å². The standard InChI is InChI=1S/C19H20ClN3O4S/c1-13(20)3-8-18(14(2)19(24)15-9-11-21-12-10-15)23-28(26,27)17-6-4-16(22-25)5-7-17/h3-13,22-23,25H,1-2H3/b8-3-,18-14-. The molecule has 1 unspecified atom stereocenters. The van der Waals surface area contributed by atoms with Gasteiger partial charge in [-0.25, -0.2) is 8.42 Å². The number of nitrogens with one attached hydrogen (secondary N) is 2.